The van der Waals surface area contributed by atoms with Crippen molar-refractivity contribution >= 4 is 5.78 Å². The molecule has 1 aromatic rings. The Balaban J connectivity index is 2.67. The van der Waals surface area contributed by atoms with Crippen molar-refractivity contribution in [2.24, 2.45) is 17.6 Å². The van der Waals surface area contributed by atoms with Gasteiger partial charge in [-0.15, -0.1) is 0 Å². The van der Waals surface area contributed by atoms with Gasteiger partial charge in [0.2, 0.25) is 0 Å². The van der Waals surface area contributed by atoms with Gasteiger partial charge < -0.3 is 10.5 Å². The van der Waals surface area contributed by atoms with Crippen LogP contribution in [-0.4, -0.2) is 19.4 Å². The Bertz CT molecular complexity index is 388. The van der Waals surface area contributed by atoms with Crippen molar-refractivity contribution in [3.05, 3.63) is 29.8 Å². The van der Waals surface area contributed by atoms with Gasteiger partial charge in [-0.1, -0.05) is 26.0 Å². The molecule has 100 valence electrons. The van der Waals surface area contributed by atoms with Gasteiger partial charge in [0.25, 0.3) is 0 Å². The largest absolute Gasteiger partial charge is 0.497 e. The van der Waals surface area contributed by atoms with Gasteiger partial charge in [-0.05, 0) is 30.0 Å². The van der Waals surface area contributed by atoms with E-state index in [2.05, 4.69) is 13.8 Å². The minimum absolute atomic E-state index is 0.0313. The third-order valence-electron chi connectivity index (χ3n) is 3.01. The Labute approximate surface area is 109 Å². The maximum Gasteiger partial charge on any atom is 0.141 e. The highest BCUT2D eigenvalue weighted by Crippen LogP contribution is 2.17. The molecule has 0 bridgehead atoms. The van der Waals surface area contributed by atoms with Crippen LogP contribution in [0.5, 0.6) is 5.75 Å². The predicted molar refractivity (Wildman–Crippen MR) is 73.7 cm³/mol. The van der Waals surface area contributed by atoms with Gasteiger partial charge in [0.15, 0.2) is 0 Å². The minimum atomic E-state index is -0.0313. The Kier molecular flexibility index (Phi) is 5.86. The zero-order valence-electron chi connectivity index (χ0n) is 11.5. The summed E-state index contributed by atoms with van der Waals surface area (Å²) in [5, 5.41) is 0. The molecule has 3 nitrogen and oxygen atoms in total. The number of carbonyl (C=O) groups is 1. The van der Waals surface area contributed by atoms with Crippen LogP contribution in [0.1, 0.15) is 25.8 Å². The number of methoxy groups -OCH3 is 1. The van der Waals surface area contributed by atoms with E-state index in [1.54, 1.807) is 7.11 Å². The van der Waals surface area contributed by atoms with E-state index in [0.717, 1.165) is 17.7 Å². The number of benzene rings is 1. The molecule has 18 heavy (non-hydrogen) atoms. The molecule has 0 saturated carbocycles. The van der Waals surface area contributed by atoms with Crippen LogP contribution in [0.25, 0.3) is 0 Å². The van der Waals surface area contributed by atoms with Gasteiger partial charge in [-0.2, -0.15) is 0 Å². The van der Waals surface area contributed by atoms with Crippen LogP contribution >= 0.6 is 0 Å². The van der Waals surface area contributed by atoms with Crippen molar-refractivity contribution in [3.63, 3.8) is 0 Å². The van der Waals surface area contributed by atoms with Gasteiger partial charge in [-0.25, -0.2) is 0 Å². The SMILES string of the molecule is COc1cccc(CC(=O)C(CN)CC(C)C)c1. The summed E-state index contributed by atoms with van der Waals surface area (Å²) in [6.45, 7) is 4.66. The van der Waals surface area contributed by atoms with E-state index in [1.165, 1.54) is 0 Å². The van der Waals surface area contributed by atoms with Gasteiger partial charge in [0, 0.05) is 18.9 Å². The number of ether oxygens (including phenoxy) is 1. The van der Waals surface area contributed by atoms with Gasteiger partial charge in [0.1, 0.15) is 11.5 Å². The van der Waals surface area contributed by atoms with Crippen LogP contribution in [0.2, 0.25) is 0 Å². The highest BCUT2D eigenvalue weighted by atomic mass is 16.5. The Morgan fingerprint density at radius 3 is 2.67 bits per heavy atom. The Morgan fingerprint density at radius 1 is 1.39 bits per heavy atom. The minimum Gasteiger partial charge on any atom is -0.497 e. The maximum atomic E-state index is 12.2. The number of nitrogens with two attached hydrogens (primary N) is 1. The smallest absolute Gasteiger partial charge is 0.141 e. The molecular formula is C15H23NO2. The fourth-order valence-corrected chi connectivity index (χ4v) is 2.06. The first-order valence-corrected chi connectivity index (χ1v) is 6.42. The van der Waals surface area contributed by atoms with Crippen LogP contribution < -0.4 is 10.5 Å². The van der Waals surface area contributed by atoms with E-state index in [0.29, 0.717) is 18.9 Å². The fraction of sp³-hybridized carbons (Fsp3) is 0.533. The molecule has 1 atom stereocenters. The number of rotatable bonds is 7. The lowest BCUT2D eigenvalue weighted by molar-refractivity contribution is -0.122. The molecule has 3 heteroatoms. The molecule has 0 fully saturated rings. The molecule has 0 radical (unpaired) electrons. The van der Waals surface area contributed by atoms with Crippen molar-refractivity contribution < 1.29 is 9.53 Å². The van der Waals surface area contributed by atoms with Crippen molar-refractivity contribution in [1.29, 1.82) is 0 Å². The molecule has 0 aliphatic carbocycles. The van der Waals surface area contributed by atoms with Gasteiger partial charge in [0.05, 0.1) is 7.11 Å². The Hall–Kier alpha value is -1.35. The van der Waals surface area contributed by atoms with Crippen LogP contribution in [0.4, 0.5) is 0 Å². The van der Waals surface area contributed by atoms with E-state index >= 15 is 0 Å². The third kappa shape index (κ3) is 4.49. The highest BCUT2D eigenvalue weighted by molar-refractivity contribution is 5.83. The standard InChI is InChI=1S/C15H23NO2/c1-11(2)7-13(10-16)15(17)9-12-5-4-6-14(8-12)18-3/h4-6,8,11,13H,7,9-10,16H2,1-3H3. The molecule has 1 rings (SSSR count). The molecule has 0 aliphatic rings. The summed E-state index contributed by atoms with van der Waals surface area (Å²) in [5.74, 6) is 1.47. The monoisotopic (exact) mass is 249 g/mol. The van der Waals surface area contributed by atoms with E-state index in [9.17, 15) is 4.79 Å². The number of hydrogen-bond acceptors (Lipinski definition) is 3. The summed E-state index contributed by atoms with van der Waals surface area (Å²) in [4.78, 5) is 12.2. The van der Waals surface area contributed by atoms with Crippen LogP contribution in [-0.2, 0) is 11.2 Å². The van der Waals surface area contributed by atoms with E-state index in [4.69, 9.17) is 10.5 Å². The second-order valence-corrected chi connectivity index (χ2v) is 5.06. The number of carbonyl (C=O) groups excluding carboxylic acids is 1. The first-order valence-electron chi connectivity index (χ1n) is 6.42. The normalized spacial score (nSPS) is 12.5. The molecule has 0 aliphatic heterocycles. The molecule has 0 amide bonds. The van der Waals surface area contributed by atoms with E-state index in [-0.39, 0.29) is 11.7 Å². The summed E-state index contributed by atoms with van der Waals surface area (Å²) in [6.07, 6.45) is 1.30. The molecule has 1 aromatic carbocycles. The molecule has 0 spiro atoms. The zero-order valence-corrected chi connectivity index (χ0v) is 11.5. The lowest BCUT2D eigenvalue weighted by Gasteiger charge is -2.16. The molecule has 0 heterocycles. The Morgan fingerprint density at radius 2 is 2.11 bits per heavy atom. The highest BCUT2D eigenvalue weighted by Gasteiger charge is 2.18. The number of hydrogen-bond donors (Lipinski definition) is 1. The fourth-order valence-electron chi connectivity index (χ4n) is 2.06. The van der Waals surface area contributed by atoms with Gasteiger partial charge >= 0.3 is 0 Å². The zero-order chi connectivity index (χ0) is 13.5. The topological polar surface area (TPSA) is 52.3 Å². The van der Waals surface area contributed by atoms with Crippen LogP contribution in [0.3, 0.4) is 0 Å². The summed E-state index contributed by atoms with van der Waals surface area (Å²) in [7, 11) is 1.63. The predicted octanol–water partition coefficient (Wildman–Crippen LogP) is 2.43. The van der Waals surface area contributed by atoms with Crippen LogP contribution in [0, 0.1) is 11.8 Å². The first kappa shape index (κ1) is 14.7. The number of ketones is 1. The first-order chi connectivity index (χ1) is 8.56. The summed E-state index contributed by atoms with van der Waals surface area (Å²) in [6, 6.07) is 7.63. The third-order valence-corrected chi connectivity index (χ3v) is 3.01. The van der Waals surface area contributed by atoms with Crippen molar-refractivity contribution in [2.45, 2.75) is 26.7 Å². The van der Waals surface area contributed by atoms with Crippen molar-refractivity contribution in [1.82, 2.24) is 0 Å². The van der Waals surface area contributed by atoms with E-state index in [1.807, 2.05) is 24.3 Å². The maximum absolute atomic E-state index is 12.2. The summed E-state index contributed by atoms with van der Waals surface area (Å²) < 4.78 is 5.15. The lowest BCUT2D eigenvalue weighted by atomic mass is 9.90. The van der Waals surface area contributed by atoms with Crippen molar-refractivity contribution in [3.8, 4) is 5.75 Å². The van der Waals surface area contributed by atoms with Crippen molar-refractivity contribution in [2.75, 3.05) is 13.7 Å². The van der Waals surface area contributed by atoms with Gasteiger partial charge in [-0.3, -0.25) is 4.79 Å². The summed E-state index contributed by atoms with van der Waals surface area (Å²) in [5.41, 5.74) is 6.67. The quantitative estimate of drug-likeness (QED) is 0.807. The molecule has 0 saturated heterocycles. The molecule has 2 N–H and O–H groups in total. The second-order valence-electron chi connectivity index (χ2n) is 5.06. The average molecular weight is 249 g/mol. The molecule has 0 aromatic heterocycles. The van der Waals surface area contributed by atoms with Crippen LogP contribution in [0.15, 0.2) is 24.3 Å². The second kappa shape index (κ2) is 7.17. The summed E-state index contributed by atoms with van der Waals surface area (Å²) >= 11 is 0. The molecule has 1 unspecified atom stereocenters. The van der Waals surface area contributed by atoms with E-state index < -0.39 is 0 Å². The number of Topliss-reactive ketones (excluding diaryl/α,β-unsaturated/α-hetero) is 1. The average Bonchev–Trinajstić information content (AvgIpc) is 2.35. The lowest BCUT2D eigenvalue weighted by Crippen LogP contribution is -2.26. The molecular weight excluding hydrogens is 226 g/mol.